The van der Waals surface area contributed by atoms with E-state index in [-0.39, 0.29) is 16.7 Å². The number of H-pyrrole nitrogens is 1. The van der Waals surface area contributed by atoms with Crippen LogP contribution in [0.15, 0.2) is 67.0 Å². The number of nitrogens with one attached hydrogen (secondary N) is 2. The molecule has 0 spiro atoms. The van der Waals surface area contributed by atoms with Crippen LogP contribution >= 0.6 is 0 Å². The van der Waals surface area contributed by atoms with Gasteiger partial charge in [0.25, 0.3) is 5.69 Å². The number of fused-ring (bicyclic) bond motifs is 2. The van der Waals surface area contributed by atoms with E-state index in [9.17, 15) is 10.1 Å². The molecule has 26 heavy (non-hydrogen) atoms. The van der Waals surface area contributed by atoms with E-state index in [4.69, 9.17) is 0 Å². The van der Waals surface area contributed by atoms with Gasteiger partial charge < -0.3 is 10.3 Å². The normalized spacial score (nSPS) is 15.2. The summed E-state index contributed by atoms with van der Waals surface area (Å²) in [6, 6.07) is 16.6. The van der Waals surface area contributed by atoms with Crippen molar-refractivity contribution in [3.8, 4) is 11.3 Å². The molecule has 2 aromatic heterocycles. The molecule has 1 aliphatic rings. The van der Waals surface area contributed by atoms with Crippen molar-refractivity contribution >= 4 is 22.3 Å². The van der Waals surface area contributed by atoms with Crippen LogP contribution in [0.4, 0.5) is 11.4 Å². The zero-order valence-corrected chi connectivity index (χ0v) is 13.6. The SMILES string of the molecule is O=[N+]([O-])c1ccc(C2Nc3cccnc3-c3cccc4[nH]cc2c34)cc1. The van der Waals surface area contributed by atoms with Gasteiger partial charge in [-0.1, -0.05) is 12.1 Å². The minimum Gasteiger partial charge on any atom is -0.372 e. The maximum atomic E-state index is 11.0. The number of non-ortho nitro benzene ring substituents is 1. The molecule has 0 bridgehead atoms. The Hall–Kier alpha value is -3.67. The molecule has 6 heteroatoms. The van der Waals surface area contributed by atoms with E-state index < -0.39 is 0 Å². The molecule has 0 aliphatic carbocycles. The van der Waals surface area contributed by atoms with E-state index in [1.165, 1.54) is 0 Å². The fraction of sp³-hybridized carbons (Fsp3) is 0.0500. The zero-order valence-electron chi connectivity index (χ0n) is 13.6. The highest BCUT2D eigenvalue weighted by Crippen LogP contribution is 2.43. The Balaban J connectivity index is 1.76. The van der Waals surface area contributed by atoms with Crippen molar-refractivity contribution in [1.29, 1.82) is 0 Å². The Morgan fingerprint density at radius 2 is 1.88 bits per heavy atom. The molecular weight excluding hydrogens is 328 g/mol. The predicted octanol–water partition coefficient (Wildman–Crippen LogP) is 4.65. The smallest absolute Gasteiger partial charge is 0.269 e. The quantitative estimate of drug-likeness (QED) is 0.410. The number of aromatic nitrogens is 2. The molecule has 126 valence electrons. The third kappa shape index (κ3) is 2.09. The first-order valence-electron chi connectivity index (χ1n) is 8.28. The lowest BCUT2D eigenvalue weighted by molar-refractivity contribution is -0.384. The maximum Gasteiger partial charge on any atom is 0.269 e. The van der Waals surface area contributed by atoms with Crippen LogP contribution in [0, 0.1) is 10.1 Å². The number of pyridine rings is 1. The second kappa shape index (κ2) is 5.42. The molecule has 1 unspecified atom stereocenters. The minimum atomic E-state index is -0.382. The van der Waals surface area contributed by atoms with Gasteiger partial charge >= 0.3 is 0 Å². The first-order valence-corrected chi connectivity index (χ1v) is 8.28. The minimum absolute atomic E-state index is 0.0871. The third-order valence-corrected chi connectivity index (χ3v) is 4.85. The van der Waals surface area contributed by atoms with E-state index in [2.05, 4.69) is 21.4 Å². The molecule has 0 saturated carbocycles. The van der Waals surface area contributed by atoms with Gasteiger partial charge in [-0.3, -0.25) is 15.1 Å². The van der Waals surface area contributed by atoms with Crippen molar-refractivity contribution in [1.82, 2.24) is 9.97 Å². The number of nitro groups is 1. The number of nitrogens with zero attached hydrogens (tertiary/aromatic N) is 2. The molecule has 3 heterocycles. The van der Waals surface area contributed by atoms with Crippen molar-refractivity contribution in [2.75, 3.05) is 5.32 Å². The first kappa shape index (κ1) is 14.7. The largest absolute Gasteiger partial charge is 0.372 e. The van der Waals surface area contributed by atoms with E-state index in [1.807, 2.05) is 30.5 Å². The molecule has 6 nitrogen and oxygen atoms in total. The van der Waals surface area contributed by atoms with E-state index >= 15 is 0 Å². The number of rotatable bonds is 2. The molecule has 2 N–H and O–H groups in total. The topological polar surface area (TPSA) is 83.8 Å². The molecule has 0 radical (unpaired) electrons. The summed E-state index contributed by atoms with van der Waals surface area (Å²) in [5.41, 5.74) is 6.12. The highest BCUT2D eigenvalue weighted by Gasteiger charge is 2.26. The van der Waals surface area contributed by atoms with Crippen LogP contribution in [0.25, 0.3) is 22.2 Å². The molecule has 1 atom stereocenters. The molecule has 0 fully saturated rings. The van der Waals surface area contributed by atoms with E-state index in [0.29, 0.717) is 0 Å². The lowest BCUT2D eigenvalue weighted by atomic mass is 9.96. The van der Waals surface area contributed by atoms with Crippen LogP contribution in [-0.4, -0.2) is 14.9 Å². The van der Waals surface area contributed by atoms with Crippen molar-refractivity contribution < 1.29 is 4.92 Å². The maximum absolute atomic E-state index is 11.0. The number of nitro benzene ring substituents is 1. The standard InChI is InChI=1S/C20H14N4O2/c25-24(26)13-8-6-12(7-9-13)19-15-11-22-16-4-1-3-14(18(15)16)20-17(23-19)5-2-10-21-20/h1-11,19,22-23H. The Kier molecular flexibility index (Phi) is 3.05. The fourth-order valence-electron chi connectivity index (χ4n) is 3.66. The van der Waals surface area contributed by atoms with Crippen LogP contribution in [0.5, 0.6) is 0 Å². The van der Waals surface area contributed by atoms with Gasteiger partial charge in [0.2, 0.25) is 0 Å². The molecule has 5 rings (SSSR count). The number of benzene rings is 2. The highest BCUT2D eigenvalue weighted by atomic mass is 16.6. The van der Waals surface area contributed by atoms with Gasteiger partial charge in [0.1, 0.15) is 0 Å². The monoisotopic (exact) mass is 342 g/mol. The Bertz CT molecular complexity index is 1150. The van der Waals surface area contributed by atoms with Crippen LogP contribution in [-0.2, 0) is 0 Å². The van der Waals surface area contributed by atoms with E-state index in [1.54, 1.807) is 30.5 Å². The average Bonchev–Trinajstić information content (AvgIpc) is 3.04. The van der Waals surface area contributed by atoms with Crippen molar-refractivity contribution in [2.24, 2.45) is 0 Å². The first-order chi connectivity index (χ1) is 12.7. The molecule has 4 aromatic rings. The average molecular weight is 342 g/mol. The van der Waals surface area contributed by atoms with Crippen LogP contribution in [0.2, 0.25) is 0 Å². The number of aromatic amines is 1. The Morgan fingerprint density at radius 1 is 1.04 bits per heavy atom. The van der Waals surface area contributed by atoms with Gasteiger partial charge in [-0.25, -0.2) is 0 Å². The van der Waals surface area contributed by atoms with Crippen molar-refractivity contribution in [3.05, 3.63) is 88.2 Å². The second-order valence-electron chi connectivity index (χ2n) is 6.30. The Labute approximate surface area is 148 Å². The molecule has 0 amide bonds. The fourth-order valence-corrected chi connectivity index (χ4v) is 3.66. The zero-order chi connectivity index (χ0) is 17.7. The summed E-state index contributed by atoms with van der Waals surface area (Å²) in [5.74, 6) is 0. The summed E-state index contributed by atoms with van der Waals surface area (Å²) >= 11 is 0. The summed E-state index contributed by atoms with van der Waals surface area (Å²) in [7, 11) is 0. The second-order valence-corrected chi connectivity index (χ2v) is 6.30. The lowest BCUT2D eigenvalue weighted by Gasteiger charge is -2.19. The number of anilines is 1. The summed E-state index contributed by atoms with van der Waals surface area (Å²) in [6.07, 6.45) is 3.79. The van der Waals surface area contributed by atoms with Crippen LogP contribution in [0.3, 0.4) is 0 Å². The molecule has 2 aromatic carbocycles. The molecular formula is C20H14N4O2. The summed E-state index contributed by atoms with van der Waals surface area (Å²) in [5, 5.41) is 15.7. The highest BCUT2D eigenvalue weighted by molar-refractivity contribution is 6.01. The van der Waals surface area contributed by atoms with Crippen LogP contribution in [0.1, 0.15) is 17.2 Å². The third-order valence-electron chi connectivity index (χ3n) is 4.85. The van der Waals surface area contributed by atoms with E-state index in [0.717, 1.165) is 39.0 Å². The lowest BCUT2D eigenvalue weighted by Crippen LogP contribution is -2.11. The van der Waals surface area contributed by atoms with Gasteiger partial charge in [0, 0.05) is 46.6 Å². The predicted molar refractivity (Wildman–Crippen MR) is 100 cm³/mol. The van der Waals surface area contributed by atoms with Crippen molar-refractivity contribution in [3.63, 3.8) is 0 Å². The van der Waals surface area contributed by atoms with Gasteiger partial charge in [-0.05, 0) is 35.9 Å². The van der Waals surface area contributed by atoms with Gasteiger partial charge in [0.15, 0.2) is 0 Å². The Morgan fingerprint density at radius 3 is 2.69 bits per heavy atom. The number of hydrogen-bond donors (Lipinski definition) is 2. The van der Waals surface area contributed by atoms with Crippen molar-refractivity contribution in [2.45, 2.75) is 6.04 Å². The summed E-state index contributed by atoms with van der Waals surface area (Å²) in [4.78, 5) is 18.5. The molecule has 1 aliphatic heterocycles. The number of hydrogen-bond acceptors (Lipinski definition) is 4. The molecule has 0 saturated heterocycles. The van der Waals surface area contributed by atoms with Gasteiger partial charge in [0.05, 0.1) is 22.3 Å². The van der Waals surface area contributed by atoms with Gasteiger partial charge in [-0.15, -0.1) is 0 Å². The van der Waals surface area contributed by atoms with Crippen LogP contribution < -0.4 is 5.32 Å². The summed E-state index contributed by atoms with van der Waals surface area (Å²) < 4.78 is 0. The summed E-state index contributed by atoms with van der Waals surface area (Å²) in [6.45, 7) is 0. The van der Waals surface area contributed by atoms with Gasteiger partial charge in [-0.2, -0.15) is 0 Å².